The summed E-state index contributed by atoms with van der Waals surface area (Å²) in [7, 11) is 0. The Morgan fingerprint density at radius 1 is 1.59 bits per heavy atom. The van der Waals surface area contributed by atoms with Crippen LogP contribution in [0, 0.1) is 10.1 Å². The van der Waals surface area contributed by atoms with Crippen LogP contribution in [0.15, 0.2) is 30.4 Å². The van der Waals surface area contributed by atoms with E-state index in [-0.39, 0.29) is 0 Å². The summed E-state index contributed by atoms with van der Waals surface area (Å²) in [5.74, 6) is 0.477. The summed E-state index contributed by atoms with van der Waals surface area (Å²) in [4.78, 5) is 15.8. The van der Waals surface area contributed by atoms with Crippen LogP contribution < -0.4 is 10.2 Å². The Morgan fingerprint density at radius 3 is 3.06 bits per heavy atom. The second-order valence-corrected chi connectivity index (χ2v) is 3.96. The number of nitrogens with one attached hydrogen (secondary N) is 1. The van der Waals surface area contributed by atoms with E-state index in [0.29, 0.717) is 11.0 Å². The van der Waals surface area contributed by atoms with E-state index in [0.717, 1.165) is 31.4 Å². The van der Waals surface area contributed by atoms with Gasteiger partial charge in [0, 0.05) is 13.1 Å². The zero-order valence-electron chi connectivity index (χ0n) is 8.97. The van der Waals surface area contributed by atoms with Crippen LogP contribution >= 0.6 is 11.6 Å². The van der Waals surface area contributed by atoms with Crippen LogP contribution in [-0.2, 0) is 0 Å². The third kappa shape index (κ3) is 2.85. The van der Waals surface area contributed by atoms with Gasteiger partial charge in [-0.2, -0.15) is 0 Å². The van der Waals surface area contributed by atoms with Crippen molar-refractivity contribution >= 4 is 17.3 Å². The Hall–Kier alpha value is -1.82. The monoisotopic (exact) mass is 254 g/mol. The zero-order valence-corrected chi connectivity index (χ0v) is 9.72. The van der Waals surface area contributed by atoms with Gasteiger partial charge in [-0.1, -0.05) is 11.6 Å². The van der Waals surface area contributed by atoms with Gasteiger partial charge in [-0.15, -0.1) is 0 Å². The molecule has 6 nitrogen and oxygen atoms in total. The van der Waals surface area contributed by atoms with Crippen LogP contribution in [0.5, 0.6) is 0 Å². The maximum absolute atomic E-state index is 10.5. The lowest BCUT2D eigenvalue weighted by atomic mass is 10.2. The fourth-order valence-electron chi connectivity index (χ4n) is 1.68. The lowest BCUT2D eigenvalue weighted by Crippen LogP contribution is -2.39. The Labute approximate surface area is 103 Å². The van der Waals surface area contributed by atoms with E-state index < -0.39 is 4.92 Å². The van der Waals surface area contributed by atoms with Gasteiger partial charge in [0.05, 0.1) is 16.8 Å². The van der Waals surface area contributed by atoms with Crippen LogP contribution in [0.4, 0.5) is 5.69 Å². The van der Waals surface area contributed by atoms with Crippen LogP contribution in [0.3, 0.4) is 0 Å². The summed E-state index contributed by atoms with van der Waals surface area (Å²) in [6, 6.07) is 3.45. The molecule has 0 radical (unpaired) electrons. The minimum Gasteiger partial charge on any atom is -0.366 e. The maximum Gasteiger partial charge on any atom is 0.274 e. The van der Waals surface area contributed by atoms with Crippen molar-refractivity contribution in [2.75, 3.05) is 18.0 Å². The first-order valence-corrected chi connectivity index (χ1v) is 5.53. The van der Waals surface area contributed by atoms with Crippen molar-refractivity contribution < 1.29 is 4.92 Å². The number of hydrogen-bond acceptors (Lipinski definition) is 5. The number of rotatable bonds is 2. The Bertz CT molecular complexity index is 446. The molecule has 0 amide bonds. The molecule has 1 N–H and O–H groups in total. The smallest absolute Gasteiger partial charge is 0.274 e. The molecule has 2 rings (SSSR count). The molecular formula is C10H11ClN4O2. The summed E-state index contributed by atoms with van der Waals surface area (Å²) in [6.07, 6.45) is 3.48. The van der Waals surface area contributed by atoms with Gasteiger partial charge in [-0.05, 0) is 18.6 Å². The lowest BCUT2D eigenvalue weighted by molar-refractivity contribution is -0.403. The highest BCUT2D eigenvalue weighted by atomic mass is 35.5. The molecule has 1 fully saturated rings. The molecule has 17 heavy (non-hydrogen) atoms. The van der Waals surface area contributed by atoms with E-state index in [2.05, 4.69) is 10.3 Å². The molecule has 1 aromatic heterocycles. The molecule has 1 saturated heterocycles. The van der Waals surface area contributed by atoms with E-state index >= 15 is 0 Å². The topological polar surface area (TPSA) is 71.3 Å². The lowest BCUT2D eigenvalue weighted by Gasteiger charge is -2.30. The van der Waals surface area contributed by atoms with Gasteiger partial charge in [0.2, 0.25) is 0 Å². The van der Waals surface area contributed by atoms with Crippen LogP contribution in [0.2, 0.25) is 5.15 Å². The molecule has 1 aliphatic heterocycles. The van der Waals surface area contributed by atoms with Crippen molar-refractivity contribution in [3.63, 3.8) is 0 Å². The first-order valence-electron chi connectivity index (χ1n) is 5.15. The average molecular weight is 255 g/mol. The Kier molecular flexibility index (Phi) is 3.43. The number of nitrogens with zero attached hydrogens (tertiary/aromatic N) is 3. The number of anilines is 1. The van der Waals surface area contributed by atoms with Crippen molar-refractivity contribution in [2.45, 2.75) is 6.42 Å². The number of halogens is 1. The molecule has 0 aliphatic carbocycles. The largest absolute Gasteiger partial charge is 0.366 e. The van der Waals surface area contributed by atoms with Crippen LogP contribution in [0.1, 0.15) is 6.42 Å². The van der Waals surface area contributed by atoms with E-state index in [1.807, 2.05) is 4.90 Å². The second kappa shape index (κ2) is 5.01. The van der Waals surface area contributed by atoms with Gasteiger partial charge in [-0.3, -0.25) is 10.1 Å². The molecule has 90 valence electrons. The highest BCUT2D eigenvalue weighted by Gasteiger charge is 2.19. The number of aromatic nitrogens is 1. The van der Waals surface area contributed by atoms with E-state index in [1.54, 1.807) is 18.3 Å². The van der Waals surface area contributed by atoms with E-state index in [1.165, 1.54) is 0 Å². The first-order chi connectivity index (χ1) is 8.16. The van der Waals surface area contributed by atoms with Crippen LogP contribution in [0.25, 0.3) is 0 Å². The molecule has 0 bridgehead atoms. The average Bonchev–Trinajstić information content (AvgIpc) is 2.30. The normalized spacial score (nSPS) is 17.9. The standard InChI is InChI=1S/C10H11ClN4O2/c11-9-3-2-8(6-13-9)14-5-1-4-12-10(14)7-15(16)17/h2-3,6-7,12H,1,4-5H2/b10-7-. The quantitative estimate of drug-likeness (QED) is 0.493. The van der Waals surface area contributed by atoms with Crippen molar-refractivity contribution in [3.05, 3.63) is 45.6 Å². The van der Waals surface area contributed by atoms with Gasteiger partial charge < -0.3 is 10.2 Å². The van der Waals surface area contributed by atoms with Crippen molar-refractivity contribution in [3.8, 4) is 0 Å². The second-order valence-electron chi connectivity index (χ2n) is 3.57. The van der Waals surface area contributed by atoms with Crippen LogP contribution in [-0.4, -0.2) is 23.0 Å². The number of hydrogen-bond donors (Lipinski definition) is 1. The molecule has 7 heteroatoms. The molecule has 2 heterocycles. The fourth-order valence-corrected chi connectivity index (χ4v) is 1.79. The minimum absolute atomic E-state index is 0.401. The summed E-state index contributed by atoms with van der Waals surface area (Å²) < 4.78 is 0. The predicted molar refractivity (Wildman–Crippen MR) is 64.3 cm³/mol. The van der Waals surface area contributed by atoms with Gasteiger partial charge in [0.25, 0.3) is 6.20 Å². The molecule has 0 unspecified atom stereocenters. The van der Waals surface area contributed by atoms with Crippen molar-refractivity contribution in [2.24, 2.45) is 0 Å². The molecule has 0 aromatic carbocycles. The summed E-state index contributed by atoms with van der Waals surface area (Å²) in [5.41, 5.74) is 0.787. The summed E-state index contributed by atoms with van der Waals surface area (Å²) in [6.45, 7) is 1.45. The van der Waals surface area contributed by atoms with Crippen molar-refractivity contribution in [1.29, 1.82) is 0 Å². The SMILES string of the molecule is O=[N+]([O-])/C=C1/NCCCN1c1ccc(Cl)nc1. The Morgan fingerprint density at radius 2 is 2.41 bits per heavy atom. The molecule has 1 aliphatic rings. The molecule has 1 aromatic rings. The third-order valence-corrected chi connectivity index (χ3v) is 2.63. The van der Waals surface area contributed by atoms with Gasteiger partial charge in [0.15, 0.2) is 5.82 Å². The molecule has 0 saturated carbocycles. The first kappa shape index (κ1) is 11.7. The maximum atomic E-state index is 10.5. The molecular weight excluding hydrogens is 244 g/mol. The highest BCUT2D eigenvalue weighted by molar-refractivity contribution is 6.29. The molecule has 0 atom stereocenters. The number of nitro groups is 1. The fraction of sp³-hybridized carbons (Fsp3) is 0.300. The van der Waals surface area contributed by atoms with E-state index in [9.17, 15) is 10.1 Å². The van der Waals surface area contributed by atoms with Gasteiger partial charge >= 0.3 is 0 Å². The van der Waals surface area contributed by atoms with Crippen molar-refractivity contribution in [1.82, 2.24) is 10.3 Å². The Balaban J connectivity index is 2.27. The summed E-state index contributed by atoms with van der Waals surface area (Å²) in [5, 5.41) is 13.9. The summed E-state index contributed by atoms with van der Waals surface area (Å²) >= 11 is 5.70. The van der Waals surface area contributed by atoms with Gasteiger partial charge in [-0.25, -0.2) is 4.98 Å². The van der Waals surface area contributed by atoms with Gasteiger partial charge in [0.1, 0.15) is 5.15 Å². The molecule has 0 spiro atoms. The minimum atomic E-state index is -0.468. The predicted octanol–water partition coefficient (Wildman–Crippen LogP) is 1.61. The third-order valence-electron chi connectivity index (χ3n) is 2.41. The zero-order chi connectivity index (χ0) is 12.3. The number of pyridine rings is 1. The van der Waals surface area contributed by atoms with E-state index in [4.69, 9.17) is 11.6 Å². The highest BCUT2D eigenvalue weighted by Crippen LogP contribution is 2.21.